The molecule has 2 N–H and O–H groups in total. The van der Waals surface area contributed by atoms with Gasteiger partial charge in [0.15, 0.2) is 11.5 Å². The Kier molecular flexibility index (Phi) is 7.13. The third-order valence-corrected chi connectivity index (χ3v) is 5.61. The number of hydrogen-bond donors (Lipinski definition) is 2. The number of anilines is 1. The van der Waals surface area contributed by atoms with Crippen molar-refractivity contribution in [2.24, 2.45) is 0 Å². The van der Waals surface area contributed by atoms with Crippen LogP contribution in [0.5, 0.6) is 11.5 Å². The van der Waals surface area contributed by atoms with Gasteiger partial charge >= 0.3 is 6.03 Å². The number of hydrogen-bond acceptors (Lipinski definition) is 4. The van der Waals surface area contributed by atoms with Gasteiger partial charge in [-0.05, 0) is 36.2 Å². The molecule has 34 heavy (non-hydrogen) atoms. The molecule has 0 aliphatic heterocycles. The third-order valence-electron chi connectivity index (χ3n) is 5.61. The standard InChI is InChI=1S/C27H27N3O4/c1-33-24-16-20-15-21(26(31)29-23(20)17-25(24)34-2)18-30(14-13-19-9-5-3-6-10-19)27(32)28-22-11-7-4-8-12-22/h3-12,15-17H,13-14,18H2,1-2H3,(H,28,32)(H,29,31). The summed E-state index contributed by atoms with van der Waals surface area (Å²) < 4.78 is 10.7. The summed E-state index contributed by atoms with van der Waals surface area (Å²) in [5, 5.41) is 3.72. The second-order valence-electron chi connectivity index (χ2n) is 7.87. The molecule has 4 aromatic rings. The largest absolute Gasteiger partial charge is 0.493 e. The van der Waals surface area contributed by atoms with Crippen LogP contribution in [0.4, 0.5) is 10.5 Å². The quantitative estimate of drug-likeness (QED) is 0.397. The number of benzene rings is 3. The highest BCUT2D eigenvalue weighted by Crippen LogP contribution is 2.31. The van der Waals surface area contributed by atoms with Crippen molar-refractivity contribution in [1.29, 1.82) is 0 Å². The lowest BCUT2D eigenvalue weighted by Crippen LogP contribution is -2.37. The molecule has 0 saturated heterocycles. The number of rotatable bonds is 8. The molecule has 0 spiro atoms. The van der Waals surface area contributed by atoms with E-state index >= 15 is 0 Å². The van der Waals surface area contributed by atoms with Crippen molar-refractivity contribution in [3.8, 4) is 11.5 Å². The van der Waals surface area contributed by atoms with Crippen LogP contribution in [0.1, 0.15) is 11.1 Å². The Labute approximate surface area is 197 Å². The van der Waals surface area contributed by atoms with Gasteiger partial charge < -0.3 is 24.7 Å². The number of urea groups is 1. The molecule has 7 nitrogen and oxygen atoms in total. The van der Waals surface area contributed by atoms with Gasteiger partial charge in [0.1, 0.15) is 0 Å². The van der Waals surface area contributed by atoms with E-state index < -0.39 is 0 Å². The summed E-state index contributed by atoms with van der Waals surface area (Å²) in [5.74, 6) is 1.10. The Morgan fingerprint density at radius 2 is 1.56 bits per heavy atom. The average molecular weight is 458 g/mol. The summed E-state index contributed by atoms with van der Waals surface area (Å²) in [4.78, 5) is 30.6. The molecule has 4 rings (SSSR count). The molecule has 0 unspecified atom stereocenters. The van der Waals surface area contributed by atoms with Crippen molar-refractivity contribution in [3.05, 3.63) is 100 Å². The van der Waals surface area contributed by atoms with Crippen molar-refractivity contribution in [2.75, 3.05) is 26.1 Å². The second kappa shape index (κ2) is 10.6. The molecule has 7 heteroatoms. The zero-order chi connectivity index (χ0) is 23.9. The number of amides is 2. The number of H-pyrrole nitrogens is 1. The van der Waals surface area contributed by atoms with Crippen LogP contribution >= 0.6 is 0 Å². The summed E-state index contributed by atoms with van der Waals surface area (Å²) in [7, 11) is 3.11. The molecule has 0 aliphatic rings. The Balaban J connectivity index is 1.63. The van der Waals surface area contributed by atoms with Gasteiger partial charge in [-0.2, -0.15) is 0 Å². The lowest BCUT2D eigenvalue weighted by Gasteiger charge is -2.23. The monoisotopic (exact) mass is 457 g/mol. The average Bonchev–Trinajstić information content (AvgIpc) is 2.87. The summed E-state index contributed by atoms with van der Waals surface area (Å²) >= 11 is 0. The zero-order valence-corrected chi connectivity index (χ0v) is 19.2. The van der Waals surface area contributed by atoms with Crippen LogP contribution in [0.25, 0.3) is 10.9 Å². The van der Waals surface area contributed by atoms with E-state index in [0.717, 1.165) is 10.9 Å². The van der Waals surface area contributed by atoms with Crippen molar-refractivity contribution in [1.82, 2.24) is 9.88 Å². The van der Waals surface area contributed by atoms with E-state index in [2.05, 4.69) is 10.3 Å². The van der Waals surface area contributed by atoms with E-state index in [0.29, 0.717) is 41.2 Å². The van der Waals surface area contributed by atoms with Crippen LogP contribution in [-0.2, 0) is 13.0 Å². The van der Waals surface area contributed by atoms with Crippen LogP contribution in [0, 0.1) is 0 Å². The molecule has 0 radical (unpaired) electrons. The highest BCUT2D eigenvalue weighted by molar-refractivity contribution is 5.89. The third kappa shape index (κ3) is 5.38. The number of ether oxygens (including phenoxy) is 2. The second-order valence-corrected chi connectivity index (χ2v) is 7.87. The topological polar surface area (TPSA) is 83.7 Å². The number of nitrogens with zero attached hydrogens (tertiary/aromatic N) is 1. The van der Waals surface area contributed by atoms with Crippen LogP contribution in [0.2, 0.25) is 0 Å². The molecule has 2 amide bonds. The van der Waals surface area contributed by atoms with Crippen molar-refractivity contribution in [3.63, 3.8) is 0 Å². The zero-order valence-electron chi connectivity index (χ0n) is 19.2. The Morgan fingerprint density at radius 3 is 2.24 bits per heavy atom. The minimum Gasteiger partial charge on any atom is -0.493 e. The molecule has 0 saturated carbocycles. The maximum absolute atomic E-state index is 13.2. The molecular formula is C27H27N3O4. The molecule has 174 valence electrons. The molecule has 0 bridgehead atoms. The minimum absolute atomic E-state index is 0.158. The number of fused-ring (bicyclic) bond motifs is 1. The van der Waals surface area contributed by atoms with Crippen LogP contribution in [-0.4, -0.2) is 36.7 Å². The Morgan fingerprint density at radius 1 is 0.912 bits per heavy atom. The van der Waals surface area contributed by atoms with Gasteiger partial charge in [-0.25, -0.2) is 4.79 Å². The fourth-order valence-electron chi connectivity index (χ4n) is 3.79. The summed E-state index contributed by atoms with van der Waals surface area (Å²) in [5.41, 5.74) is 2.68. The van der Waals surface area contributed by atoms with Gasteiger partial charge in [0.2, 0.25) is 0 Å². The number of methoxy groups -OCH3 is 2. The van der Waals surface area contributed by atoms with Gasteiger partial charge in [-0.1, -0.05) is 48.5 Å². The maximum atomic E-state index is 13.2. The SMILES string of the molecule is COc1cc2cc(CN(CCc3ccccc3)C(=O)Nc3ccccc3)c(=O)[nH]c2cc1OC. The normalized spacial score (nSPS) is 10.6. The van der Waals surface area contributed by atoms with Gasteiger partial charge in [-0.15, -0.1) is 0 Å². The minimum atomic E-state index is -0.270. The predicted molar refractivity (Wildman–Crippen MR) is 134 cm³/mol. The summed E-state index contributed by atoms with van der Waals surface area (Å²) in [6.45, 7) is 0.608. The van der Waals surface area contributed by atoms with Crippen molar-refractivity contribution < 1.29 is 14.3 Å². The van der Waals surface area contributed by atoms with Gasteiger partial charge in [0, 0.05) is 29.2 Å². The first-order chi connectivity index (χ1) is 16.6. The van der Waals surface area contributed by atoms with E-state index in [9.17, 15) is 9.59 Å². The highest BCUT2D eigenvalue weighted by Gasteiger charge is 2.17. The summed E-state index contributed by atoms with van der Waals surface area (Å²) in [6, 6.07) is 24.3. The predicted octanol–water partition coefficient (Wildman–Crippen LogP) is 4.82. The number of pyridine rings is 1. The van der Waals surface area contributed by atoms with Crippen LogP contribution in [0.3, 0.4) is 0 Å². The smallest absolute Gasteiger partial charge is 0.322 e. The number of para-hydroxylation sites is 1. The van der Waals surface area contributed by atoms with E-state index in [1.165, 1.54) is 0 Å². The number of carbonyl (C=O) groups is 1. The lowest BCUT2D eigenvalue weighted by atomic mass is 10.1. The van der Waals surface area contributed by atoms with Gasteiger partial charge in [0.05, 0.1) is 26.3 Å². The molecule has 0 atom stereocenters. The molecule has 3 aromatic carbocycles. The maximum Gasteiger partial charge on any atom is 0.322 e. The highest BCUT2D eigenvalue weighted by atomic mass is 16.5. The van der Waals surface area contributed by atoms with Crippen LogP contribution < -0.4 is 20.3 Å². The fraction of sp³-hybridized carbons (Fsp3) is 0.185. The van der Waals surface area contributed by atoms with Gasteiger partial charge in [0.25, 0.3) is 5.56 Å². The van der Waals surface area contributed by atoms with E-state index in [1.54, 1.807) is 31.3 Å². The fourth-order valence-corrected chi connectivity index (χ4v) is 3.79. The number of aromatic nitrogens is 1. The van der Waals surface area contributed by atoms with Crippen LogP contribution in [0.15, 0.2) is 83.7 Å². The first-order valence-electron chi connectivity index (χ1n) is 11.0. The van der Waals surface area contributed by atoms with E-state index in [-0.39, 0.29) is 18.1 Å². The van der Waals surface area contributed by atoms with Gasteiger partial charge in [-0.3, -0.25) is 4.79 Å². The first-order valence-corrected chi connectivity index (χ1v) is 11.0. The van der Waals surface area contributed by atoms with Crippen molar-refractivity contribution in [2.45, 2.75) is 13.0 Å². The Bertz CT molecular complexity index is 1320. The number of carbonyl (C=O) groups excluding carboxylic acids is 1. The molecule has 0 fully saturated rings. The van der Waals surface area contributed by atoms with E-state index in [4.69, 9.17) is 9.47 Å². The van der Waals surface area contributed by atoms with Crippen molar-refractivity contribution >= 4 is 22.6 Å². The molecule has 1 aromatic heterocycles. The molecular weight excluding hydrogens is 430 g/mol. The first kappa shape index (κ1) is 22.9. The molecule has 0 aliphatic carbocycles. The lowest BCUT2D eigenvalue weighted by molar-refractivity contribution is 0.209. The summed E-state index contributed by atoms with van der Waals surface area (Å²) in [6.07, 6.45) is 0.666. The number of aromatic amines is 1. The molecule has 1 heterocycles. The number of nitrogens with one attached hydrogen (secondary N) is 2. The Hall–Kier alpha value is -4.26. The van der Waals surface area contributed by atoms with E-state index in [1.807, 2.05) is 66.7 Å².